The standard InChI is InChI=1S/C18H21FN2O3S/c1-4-13(3)21-25(23,24)16-9-6-14(7-10-16)18(22)20-17-11-15(19)8-5-12(17)2/h5-11,13,21H,4H2,1-3H3,(H,20,22)/t13-/m0/s1. The SMILES string of the molecule is CC[C@H](C)NS(=O)(=O)c1ccc(C(=O)Nc2cc(F)ccc2C)cc1. The second-order valence-corrected chi connectivity index (χ2v) is 7.58. The molecule has 1 atom stereocenters. The van der Waals surface area contributed by atoms with Gasteiger partial charge in [-0.3, -0.25) is 4.79 Å². The maximum absolute atomic E-state index is 13.3. The number of aryl methyl sites for hydroxylation is 1. The van der Waals surface area contributed by atoms with Crippen LogP contribution in [0.1, 0.15) is 36.2 Å². The molecule has 0 aromatic heterocycles. The third kappa shape index (κ3) is 4.87. The summed E-state index contributed by atoms with van der Waals surface area (Å²) >= 11 is 0. The molecule has 0 fully saturated rings. The number of nitrogens with one attached hydrogen (secondary N) is 2. The van der Waals surface area contributed by atoms with Crippen molar-refractivity contribution in [2.45, 2.75) is 38.1 Å². The van der Waals surface area contributed by atoms with E-state index in [9.17, 15) is 17.6 Å². The third-order valence-electron chi connectivity index (χ3n) is 3.84. The number of rotatable bonds is 6. The molecule has 0 saturated carbocycles. The van der Waals surface area contributed by atoms with Gasteiger partial charge in [-0.05, 0) is 62.2 Å². The number of hydrogen-bond acceptors (Lipinski definition) is 3. The monoisotopic (exact) mass is 364 g/mol. The van der Waals surface area contributed by atoms with Gasteiger partial charge in [0, 0.05) is 17.3 Å². The molecule has 0 saturated heterocycles. The number of sulfonamides is 1. The fraction of sp³-hybridized carbons (Fsp3) is 0.278. The number of anilines is 1. The van der Waals surface area contributed by atoms with Gasteiger partial charge in [0.05, 0.1) is 4.90 Å². The van der Waals surface area contributed by atoms with E-state index in [1.807, 2.05) is 6.92 Å². The number of halogens is 1. The van der Waals surface area contributed by atoms with Crippen LogP contribution in [-0.4, -0.2) is 20.4 Å². The van der Waals surface area contributed by atoms with Crippen LogP contribution in [0.3, 0.4) is 0 Å². The number of carbonyl (C=O) groups excluding carboxylic acids is 1. The first kappa shape index (κ1) is 19.1. The van der Waals surface area contributed by atoms with E-state index in [-0.39, 0.29) is 16.5 Å². The van der Waals surface area contributed by atoms with E-state index in [4.69, 9.17) is 0 Å². The Morgan fingerprint density at radius 3 is 2.40 bits per heavy atom. The van der Waals surface area contributed by atoms with Crippen molar-refractivity contribution in [2.24, 2.45) is 0 Å². The number of hydrogen-bond donors (Lipinski definition) is 2. The van der Waals surface area contributed by atoms with Gasteiger partial charge in [0.2, 0.25) is 10.0 Å². The first-order chi connectivity index (χ1) is 11.7. The van der Waals surface area contributed by atoms with Crippen molar-refractivity contribution in [3.05, 3.63) is 59.4 Å². The van der Waals surface area contributed by atoms with Crippen LogP contribution < -0.4 is 10.0 Å². The van der Waals surface area contributed by atoms with Gasteiger partial charge in [0.15, 0.2) is 0 Å². The summed E-state index contributed by atoms with van der Waals surface area (Å²) in [6.45, 7) is 5.42. The molecule has 0 aliphatic carbocycles. The van der Waals surface area contributed by atoms with Gasteiger partial charge in [-0.25, -0.2) is 17.5 Å². The maximum atomic E-state index is 13.3. The molecule has 5 nitrogen and oxygen atoms in total. The number of carbonyl (C=O) groups is 1. The Labute approximate surface area is 147 Å². The predicted molar refractivity (Wildman–Crippen MR) is 95.6 cm³/mol. The third-order valence-corrected chi connectivity index (χ3v) is 5.45. The summed E-state index contributed by atoms with van der Waals surface area (Å²) in [5.74, 6) is -0.883. The average molecular weight is 364 g/mol. The van der Waals surface area contributed by atoms with Crippen LogP contribution in [0.5, 0.6) is 0 Å². The summed E-state index contributed by atoms with van der Waals surface area (Å²) < 4.78 is 40.3. The van der Waals surface area contributed by atoms with Gasteiger partial charge in [0.25, 0.3) is 5.91 Å². The Bertz CT molecular complexity index is 864. The van der Waals surface area contributed by atoms with Crippen LogP contribution in [-0.2, 0) is 10.0 Å². The molecular formula is C18H21FN2O3S. The van der Waals surface area contributed by atoms with Crippen LogP contribution in [0.4, 0.5) is 10.1 Å². The van der Waals surface area contributed by atoms with E-state index in [2.05, 4.69) is 10.0 Å². The van der Waals surface area contributed by atoms with Crippen molar-refractivity contribution >= 4 is 21.6 Å². The lowest BCUT2D eigenvalue weighted by molar-refractivity contribution is 0.102. The first-order valence-electron chi connectivity index (χ1n) is 7.93. The van der Waals surface area contributed by atoms with Crippen LogP contribution in [0.2, 0.25) is 0 Å². The summed E-state index contributed by atoms with van der Waals surface area (Å²) in [6, 6.07) is 9.54. The highest BCUT2D eigenvalue weighted by molar-refractivity contribution is 7.89. The summed E-state index contributed by atoms with van der Waals surface area (Å²) in [7, 11) is -3.62. The smallest absolute Gasteiger partial charge is 0.255 e. The molecule has 0 unspecified atom stereocenters. The van der Waals surface area contributed by atoms with Gasteiger partial charge >= 0.3 is 0 Å². The highest BCUT2D eigenvalue weighted by Crippen LogP contribution is 2.18. The minimum Gasteiger partial charge on any atom is -0.322 e. The lowest BCUT2D eigenvalue weighted by Gasteiger charge is -2.12. The summed E-state index contributed by atoms with van der Waals surface area (Å²) in [4.78, 5) is 12.4. The van der Waals surface area contributed by atoms with Crippen LogP contribution >= 0.6 is 0 Å². The van der Waals surface area contributed by atoms with Crippen LogP contribution in [0, 0.1) is 12.7 Å². The molecule has 2 aromatic carbocycles. The molecule has 0 heterocycles. The molecule has 2 rings (SSSR count). The lowest BCUT2D eigenvalue weighted by atomic mass is 10.1. The Morgan fingerprint density at radius 1 is 1.16 bits per heavy atom. The van der Waals surface area contributed by atoms with Gasteiger partial charge in [-0.2, -0.15) is 0 Å². The Hall–Kier alpha value is -2.25. The second kappa shape index (κ2) is 7.76. The van der Waals surface area contributed by atoms with E-state index in [0.29, 0.717) is 12.1 Å². The molecule has 2 N–H and O–H groups in total. The largest absolute Gasteiger partial charge is 0.322 e. The highest BCUT2D eigenvalue weighted by atomic mass is 32.2. The Morgan fingerprint density at radius 2 is 1.80 bits per heavy atom. The van der Waals surface area contributed by atoms with E-state index in [1.165, 1.54) is 36.4 Å². The molecule has 7 heteroatoms. The van der Waals surface area contributed by atoms with Gasteiger partial charge in [0.1, 0.15) is 5.82 Å². The molecule has 25 heavy (non-hydrogen) atoms. The lowest BCUT2D eigenvalue weighted by Crippen LogP contribution is -2.32. The van der Waals surface area contributed by atoms with Crippen molar-refractivity contribution in [3.8, 4) is 0 Å². The number of benzene rings is 2. The highest BCUT2D eigenvalue weighted by Gasteiger charge is 2.17. The molecule has 1 amide bonds. The Balaban J connectivity index is 2.16. The fourth-order valence-electron chi connectivity index (χ4n) is 2.13. The second-order valence-electron chi connectivity index (χ2n) is 5.87. The maximum Gasteiger partial charge on any atom is 0.255 e. The first-order valence-corrected chi connectivity index (χ1v) is 9.41. The summed E-state index contributed by atoms with van der Waals surface area (Å²) in [5, 5.41) is 2.62. The molecule has 0 radical (unpaired) electrons. The zero-order valence-electron chi connectivity index (χ0n) is 14.3. The zero-order valence-corrected chi connectivity index (χ0v) is 15.2. The van der Waals surface area contributed by atoms with E-state index >= 15 is 0 Å². The minimum atomic E-state index is -3.62. The molecule has 0 aliphatic rings. The van der Waals surface area contributed by atoms with E-state index in [0.717, 1.165) is 5.56 Å². The van der Waals surface area contributed by atoms with Crippen molar-refractivity contribution in [2.75, 3.05) is 5.32 Å². The predicted octanol–water partition coefficient (Wildman–Crippen LogP) is 3.46. The summed E-state index contributed by atoms with van der Waals surface area (Å²) in [6.07, 6.45) is 0.673. The molecule has 134 valence electrons. The molecule has 0 bridgehead atoms. The Kier molecular flexibility index (Phi) is 5.92. The normalized spacial score (nSPS) is 12.6. The van der Waals surface area contributed by atoms with Crippen LogP contribution in [0.25, 0.3) is 0 Å². The van der Waals surface area contributed by atoms with Gasteiger partial charge < -0.3 is 5.32 Å². The average Bonchev–Trinajstić information content (AvgIpc) is 2.57. The summed E-state index contributed by atoms with van der Waals surface area (Å²) in [5.41, 5.74) is 1.39. The quantitative estimate of drug-likeness (QED) is 0.824. The van der Waals surface area contributed by atoms with Gasteiger partial charge in [-0.1, -0.05) is 13.0 Å². The molecule has 2 aromatic rings. The molecule has 0 aliphatic heterocycles. The van der Waals surface area contributed by atoms with Crippen molar-refractivity contribution < 1.29 is 17.6 Å². The van der Waals surface area contributed by atoms with Crippen molar-refractivity contribution in [3.63, 3.8) is 0 Å². The van der Waals surface area contributed by atoms with Crippen molar-refractivity contribution in [1.82, 2.24) is 4.72 Å². The molecular weight excluding hydrogens is 343 g/mol. The van der Waals surface area contributed by atoms with Crippen molar-refractivity contribution in [1.29, 1.82) is 0 Å². The van der Waals surface area contributed by atoms with E-state index in [1.54, 1.807) is 19.9 Å². The van der Waals surface area contributed by atoms with Crippen LogP contribution in [0.15, 0.2) is 47.4 Å². The topological polar surface area (TPSA) is 75.3 Å². The molecule has 0 spiro atoms. The van der Waals surface area contributed by atoms with Gasteiger partial charge in [-0.15, -0.1) is 0 Å². The zero-order chi connectivity index (χ0) is 18.6. The number of amides is 1. The minimum absolute atomic E-state index is 0.0892. The van der Waals surface area contributed by atoms with E-state index < -0.39 is 21.7 Å². The fourth-order valence-corrected chi connectivity index (χ4v) is 3.45.